The van der Waals surface area contributed by atoms with Gasteiger partial charge in [0.25, 0.3) is 5.69 Å². The van der Waals surface area contributed by atoms with Crippen LogP contribution in [0.3, 0.4) is 0 Å². The molecule has 0 atom stereocenters. The first-order valence-electron chi connectivity index (χ1n) is 7.17. The highest BCUT2D eigenvalue weighted by molar-refractivity contribution is 6.17. The zero-order valence-electron chi connectivity index (χ0n) is 12.8. The van der Waals surface area contributed by atoms with Gasteiger partial charge < -0.3 is 9.64 Å². The molecule has 0 N–H and O–H groups in total. The topological polar surface area (TPSA) is 55.6 Å². The van der Waals surface area contributed by atoms with Gasteiger partial charge in [-0.25, -0.2) is 0 Å². The maximum absolute atomic E-state index is 10.9. The molecule has 0 amide bonds. The van der Waals surface area contributed by atoms with Gasteiger partial charge in [-0.15, -0.1) is 11.6 Å². The molecule has 0 aliphatic carbocycles. The van der Waals surface area contributed by atoms with E-state index < -0.39 is 4.92 Å². The third-order valence-electron chi connectivity index (χ3n) is 3.65. The fraction of sp³-hybridized carbons (Fsp3) is 0.600. The van der Waals surface area contributed by atoms with E-state index in [-0.39, 0.29) is 11.6 Å². The summed E-state index contributed by atoms with van der Waals surface area (Å²) in [5, 5.41) is 10.9. The van der Waals surface area contributed by atoms with Crippen molar-refractivity contribution in [3.05, 3.63) is 33.9 Å². The van der Waals surface area contributed by atoms with Crippen molar-refractivity contribution in [1.82, 2.24) is 0 Å². The lowest BCUT2D eigenvalue weighted by atomic mass is 10.1. The number of nitrogens with zero attached hydrogens (tertiary/aromatic N) is 2. The van der Waals surface area contributed by atoms with Crippen LogP contribution < -0.4 is 4.90 Å². The maximum atomic E-state index is 10.9. The van der Waals surface area contributed by atoms with Crippen molar-refractivity contribution in [2.45, 2.75) is 38.6 Å². The van der Waals surface area contributed by atoms with Crippen LogP contribution in [0.4, 0.5) is 11.4 Å². The number of anilines is 1. The minimum Gasteiger partial charge on any atom is -0.383 e. The van der Waals surface area contributed by atoms with Gasteiger partial charge in [0.05, 0.1) is 11.5 Å². The van der Waals surface area contributed by atoms with E-state index in [4.69, 9.17) is 16.3 Å². The van der Waals surface area contributed by atoms with Gasteiger partial charge >= 0.3 is 0 Å². The smallest absolute Gasteiger partial charge is 0.269 e. The molecule has 118 valence electrons. The number of ether oxygens (including phenoxy) is 1. The molecule has 0 spiro atoms. The summed E-state index contributed by atoms with van der Waals surface area (Å²) in [6.07, 6.45) is 2.00. The number of methoxy groups -OCH3 is 1. The molecule has 0 unspecified atom stereocenters. The highest BCUT2D eigenvalue weighted by atomic mass is 35.5. The van der Waals surface area contributed by atoms with Gasteiger partial charge in [0.15, 0.2) is 0 Å². The predicted molar refractivity (Wildman–Crippen MR) is 86.2 cm³/mol. The van der Waals surface area contributed by atoms with Gasteiger partial charge in [-0.3, -0.25) is 10.1 Å². The Kier molecular flexibility index (Phi) is 7.47. The Labute approximate surface area is 131 Å². The lowest BCUT2D eigenvalue weighted by Gasteiger charge is -2.33. The third-order valence-corrected chi connectivity index (χ3v) is 3.93. The molecule has 5 nitrogen and oxygen atoms in total. The van der Waals surface area contributed by atoms with Crippen LogP contribution in [0.25, 0.3) is 0 Å². The second kappa shape index (κ2) is 8.85. The van der Waals surface area contributed by atoms with Crippen LogP contribution in [0.1, 0.15) is 32.3 Å². The van der Waals surface area contributed by atoms with E-state index in [0.717, 1.165) is 30.6 Å². The van der Waals surface area contributed by atoms with Crippen LogP contribution >= 0.6 is 11.6 Å². The van der Waals surface area contributed by atoms with E-state index in [2.05, 4.69) is 18.7 Å². The minimum atomic E-state index is -0.392. The summed E-state index contributed by atoms with van der Waals surface area (Å²) >= 11 is 6.00. The Balaban J connectivity index is 3.19. The average molecular weight is 315 g/mol. The second-order valence-corrected chi connectivity index (χ2v) is 5.13. The van der Waals surface area contributed by atoms with Gasteiger partial charge in [-0.05, 0) is 24.5 Å². The van der Waals surface area contributed by atoms with Gasteiger partial charge in [0.2, 0.25) is 0 Å². The van der Waals surface area contributed by atoms with Crippen molar-refractivity contribution in [3.8, 4) is 0 Å². The quantitative estimate of drug-likeness (QED) is 0.393. The van der Waals surface area contributed by atoms with Crippen molar-refractivity contribution in [2.24, 2.45) is 0 Å². The summed E-state index contributed by atoms with van der Waals surface area (Å²) in [5.74, 6) is 0.251. The number of rotatable bonds is 9. The summed E-state index contributed by atoms with van der Waals surface area (Å²) in [7, 11) is 1.67. The molecule has 0 aliphatic heterocycles. The van der Waals surface area contributed by atoms with Gasteiger partial charge in [-0.2, -0.15) is 0 Å². The van der Waals surface area contributed by atoms with Crippen molar-refractivity contribution in [2.75, 3.05) is 25.2 Å². The molecule has 1 aromatic carbocycles. The highest BCUT2D eigenvalue weighted by Crippen LogP contribution is 2.29. The summed E-state index contributed by atoms with van der Waals surface area (Å²) in [6, 6.07) is 5.26. The number of halogens is 1. The first-order valence-corrected chi connectivity index (χ1v) is 7.71. The zero-order valence-corrected chi connectivity index (χ0v) is 13.6. The molecule has 0 bridgehead atoms. The molecule has 0 saturated heterocycles. The summed E-state index contributed by atoms with van der Waals surface area (Å²) in [5.41, 5.74) is 1.82. The van der Waals surface area contributed by atoms with E-state index >= 15 is 0 Å². The van der Waals surface area contributed by atoms with Crippen LogP contribution in [-0.4, -0.2) is 31.2 Å². The molecule has 0 radical (unpaired) electrons. The molecule has 0 heterocycles. The maximum Gasteiger partial charge on any atom is 0.269 e. The first-order chi connectivity index (χ1) is 10.1. The number of hydrogen-bond acceptors (Lipinski definition) is 4. The Morgan fingerprint density at radius 2 is 2.05 bits per heavy atom. The van der Waals surface area contributed by atoms with E-state index in [1.54, 1.807) is 19.2 Å². The number of nitro groups is 1. The monoisotopic (exact) mass is 314 g/mol. The fourth-order valence-electron chi connectivity index (χ4n) is 2.49. The number of hydrogen-bond donors (Lipinski definition) is 0. The molecule has 0 saturated carbocycles. The molecule has 0 fully saturated rings. The highest BCUT2D eigenvalue weighted by Gasteiger charge is 2.20. The standard InChI is InChI=1S/C15H23ClN2O3/c1-4-13(5-2)17(8-9-21-3)15-7-6-14(18(19)20)10-12(15)11-16/h6-7,10,13H,4-5,8-9,11H2,1-3H3. The van der Waals surface area contributed by atoms with Crippen LogP contribution in [-0.2, 0) is 10.6 Å². The Morgan fingerprint density at radius 3 is 2.52 bits per heavy atom. The number of alkyl halides is 1. The van der Waals surface area contributed by atoms with Crippen LogP contribution in [0, 0.1) is 10.1 Å². The third kappa shape index (κ3) is 4.58. The van der Waals surface area contributed by atoms with Crippen molar-refractivity contribution in [3.63, 3.8) is 0 Å². The van der Waals surface area contributed by atoms with E-state index in [0.29, 0.717) is 12.6 Å². The summed E-state index contributed by atoms with van der Waals surface area (Å²) < 4.78 is 5.19. The zero-order chi connectivity index (χ0) is 15.8. The van der Waals surface area contributed by atoms with E-state index in [9.17, 15) is 10.1 Å². The Bertz CT molecular complexity index is 464. The average Bonchev–Trinajstić information content (AvgIpc) is 2.50. The number of benzene rings is 1. The molecular formula is C15H23ClN2O3. The normalized spacial score (nSPS) is 10.9. The van der Waals surface area contributed by atoms with Crippen molar-refractivity contribution < 1.29 is 9.66 Å². The predicted octanol–water partition coefficient (Wildman–Crippen LogP) is 3.98. The Hall–Kier alpha value is -1.33. The summed E-state index contributed by atoms with van der Waals surface area (Å²) in [6.45, 7) is 5.62. The lowest BCUT2D eigenvalue weighted by Crippen LogP contribution is -2.37. The van der Waals surface area contributed by atoms with E-state index in [1.807, 2.05) is 0 Å². The molecule has 0 aliphatic rings. The van der Waals surface area contributed by atoms with Crippen LogP contribution in [0.5, 0.6) is 0 Å². The number of nitro benzene ring substituents is 1. The molecular weight excluding hydrogens is 292 g/mol. The largest absolute Gasteiger partial charge is 0.383 e. The Morgan fingerprint density at radius 1 is 1.38 bits per heavy atom. The minimum absolute atomic E-state index is 0.0747. The molecule has 0 aromatic heterocycles. The van der Waals surface area contributed by atoms with Crippen LogP contribution in [0.15, 0.2) is 18.2 Å². The number of non-ortho nitro benzene ring substituents is 1. The molecule has 1 aromatic rings. The molecule has 6 heteroatoms. The van der Waals surface area contributed by atoms with Gasteiger partial charge in [-0.1, -0.05) is 13.8 Å². The molecule has 21 heavy (non-hydrogen) atoms. The van der Waals surface area contributed by atoms with E-state index in [1.165, 1.54) is 6.07 Å². The SMILES string of the molecule is CCC(CC)N(CCOC)c1ccc([N+](=O)[O-])cc1CCl. The van der Waals surface area contributed by atoms with Crippen molar-refractivity contribution >= 4 is 23.0 Å². The molecule has 1 rings (SSSR count). The second-order valence-electron chi connectivity index (χ2n) is 4.86. The summed E-state index contributed by atoms with van der Waals surface area (Å²) in [4.78, 5) is 12.7. The van der Waals surface area contributed by atoms with Gasteiger partial charge in [0, 0.05) is 43.4 Å². The lowest BCUT2D eigenvalue weighted by molar-refractivity contribution is -0.384. The fourth-order valence-corrected chi connectivity index (χ4v) is 2.71. The first kappa shape index (κ1) is 17.7. The van der Waals surface area contributed by atoms with Crippen molar-refractivity contribution in [1.29, 1.82) is 0 Å². The van der Waals surface area contributed by atoms with Crippen LogP contribution in [0.2, 0.25) is 0 Å². The van der Waals surface area contributed by atoms with Gasteiger partial charge in [0.1, 0.15) is 0 Å².